The van der Waals surface area contributed by atoms with Crippen LogP contribution in [-0.4, -0.2) is 4.92 Å². The molecule has 2 aromatic rings. The van der Waals surface area contributed by atoms with E-state index < -0.39 is 4.92 Å². The van der Waals surface area contributed by atoms with E-state index in [9.17, 15) is 15.4 Å². The lowest BCUT2D eigenvalue weighted by molar-refractivity contribution is -0.384. The van der Waals surface area contributed by atoms with Crippen molar-refractivity contribution in [3.8, 4) is 6.07 Å². The second kappa shape index (κ2) is 6.01. The van der Waals surface area contributed by atoms with Crippen molar-refractivity contribution in [2.45, 2.75) is 18.4 Å². The summed E-state index contributed by atoms with van der Waals surface area (Å²) in [4.78, 5) is 10.8. The zero-order valence-corrected chi connectivity index (χ0v) is 14.7. The molecule has 4 rings (SSSR count). The van der Waals surface area contributed by atoms with E-state index in [4.69, 9.17) is 0 Å². The second-order valence-electron chi connectivity index (χ2n) is 6.35. The maximum Gasteiger partial charge on any atom is 0.271 e. The Morgan fingerprint density at radius 2 is 2.04 bits per heavy atom. The third-order valence-electron chi connectivity index (χ3n) is 5.01. The summed E-state index contributed by atoms with van der Waals surface area (Å²) in [6.45, 7) is 0. The summed E-state index contributed by atoms with van der Waals surface area (Å²) in [5, 5.41) is 24.2. The van der Waals surface area contributed by atoms with E-state index in [1.807, 2.05) is 12.1 Å². The van der Waals surface area contributed by atoms with Crippen molar-refractivity contribution in [2.75, 3.05) is 5.32 Å². The molecule has 0 amide bonds. The molecule has 1 aliphatic carbocycles. The van der Waals surface area contributed by atoms with Gasteiger partial charge in [0.2, 0.25) is 0 Å². The molecule has 1 aliphatic heterocycles. The fourth-order valence-electron chi connectivity index (χ4n) is 3.88. The Morgan fingerprint density at radius 3 is 2.72 bits per heavy atom. The van der Waals surface area contributed by atoms with Gasteiger partial charge in [0.25, 0.3) is 5.69 Å². The van der Waals surface area contributed by atoms with Gasteiger partial charge in [-0.1, -0.05) is 40.2 Å². The first kappa shape index (κ1) is 15.9. The number of rotatable bonds is 2. The van der Waals surface area contributed by atoms with E-state index in [-0.39, 0.29) is 23.6 Å². The predicted molar refractivity (Wildman–Crippen MR) is 98.3 cm³/mol. The van der Waals surface area contributed by atoms with Gasteiger partial charge in [-0.3, -0.25) is 10.1 Å². The molecule has 1 N–H and O–H groups in total. The molecule has 25 heavy (non-hydrogen) atoms. The van der Waals surface area contributed by atoms with Crippen molar-refractivity contribution < 1.29 is 4.92 Å². The molecule has 124 valence electrons. The Bertz CT molecular complexity index is 931. The number of allylic oxidation sites excluding steroid dienone is 2. The molecule has 6 heteroatoms. The quantitative estimate of drug-likeness (QED) is 0.438. The van der Waals surface area contributed by atoms with E-state index in [0.717, 1.165) is 22.0 Å². The fraction of sp³-hybridized carbons (Fsp3) is 0.211. The van der Waals surface area contributed by atoms with E-state index in [2.05, 4.69) is 51.6 Å². The maximum absolute atomic E-state index is 11.2. The molecule has 0 fully saturated rings. The SMILES string of the molecule is N#Cc1cc([N+](=O)[O-])cc2c1N[C@@H](c1ccc(Br)cc1)[C@H]1CC=C[C@@H]21. The minimum absolute atomic E-state index is 0.0294. The normalized spacial score (nSPS) is 23.3. The molecule has 3 atom stereocenters. The number of nitrogens with one attached hydrogen (secondary N) is 1. The molecule has 0 spiro atoms. The molecule has 1 heterocycles. The minimum atomic E-state index is -0.435. The molecule has 0 saturated heterocycles. The lowest BCUT2D eigenvalue weighted by Crippen LogP contribution is -2.29. The molecule has 0 radical (unpaired) electrons. The van der Waals surface area contributed by atoms with Crippen LogP contribution in [-0.2, 0) is 0 Å². The average Bonchev–Trinajstić information content (AvgIpc) is 3.10. The van der Waals surface area contributed by atoms with Gasteiger partial charge in [-0.15, -0.1) is 0 Å². The highest BCUT2D eigenvalue weighted by molar-refractivity contribution is 9.10. The van der Waals surface area contributed by atoms with Crippen LogP contribution >= 0.6 is 15.9 Å². The number of nitro benzene ring substituents is 1. The standard InChI is InChI=1S/C19H14BrN3O2/c20-13-6-4-11(5-7-13)18-16-3-1-2-15(16)17-9-14(23(24)25)8-12(10-21)19(17)22-18/h1-2,4-9,15-16,18,22H,3H2/t15-,16+,18+/m1/s1. The van der Waals surface area contributed by atoms with Crippen molar-refractivity contribution in [3.05, 3.63) is 79.8 Å². The van der Waals surface area contributed by atoms with Gasteiger partial charge in [-0.2, -0.15) is 5.26 Å². The van der Waals surface area contributed by atoms with Crippen LogP contribution in [0.1, 0.15) is 35.1 Å². The van der Waals surface area contributed by atoms with Gasteiger partial charge in [-0.25, -0.2) is 0 Å². The van der Waals surface area contributed by atoms with Gasteiger partial charge in [0.1, 0.15) is 6.07 Å². The van der Waals surface area contributed by atoms with E-state index in [1.165, 1.54) is 6.07 Å². The summed E-state index contributed by atoms with van der Waals surface area (Å²) in [6.07, 6.45) is 5.15. The Kier molecular flexibility index (Phi) is 3.81. The third kappa shape index (κ3) is 2.61. The number of nitriles is 1. The number of hydrogen-bond donors (Lipinski definition) is 1. The highest BCUT2D eigenvalue weighted by atomic mass is 79.9. The smallest absolute Gasteiger partial charge is 0.271 e. The van der Waals surface area contributed by atoms with Crippen LogP contribution in [0.2, 0.25) is 0 Å². The average molecular weight is 396 g/mol. The summed E-state index contributed by atoms with van der Waals surface area (Å²) in [6, 6.07) is 13.3. The number of halogens is 1. The van der Waals surface area contributed by atoms with Crippen molar-refractivity contribution in [1.82, 2.24) is 0 Å². The molecule has 0 aromatic heterocycles. The minimum Gasteiger partial charge on any atom is -0.377 e. The van der Waals surface area contributed by atoms with Gasteiger partial charge >= 0.3 is 0 Å². The van der Waals surface area contributed by atoms with Gasteiger partial charge in [0, 0.05) is 22.5 Å². The number of non-ortho nitro benzene ring substituents is 1. The van der Waals surface area contributed by atoms with Crippen molar-refractivity contribution in [3.63, 3.8) is 0 Å². The lowest BCUT2D eigenvalue weighted by Gasteiger charge is -2.37. The van der Waals surface area contributed by atoms with Crippen LogP contribution in [0.4, 0.5) is 11.4 Å². The van der Waals surface area contributed by atoms with Crippen LogP contribution in [0.15, 0.2) is 53.0 Å². The van der Waals surface area contributed by atoms with Crippen LogP contribution in [0.3, 0.4) is 0 Å². The van der Waals surface area contributed by atoms with Crippen molar-refractivity contribution in [1.29, 1.82) is 5.26 Å². The zero-order valence-electron chi connectivity index (χ0n) is 13.1. The van der Waals surface area contributed by atoms with E-state index in [1.54, 1.807) is 6.07 Å². The largest absolute Gasteiger partial charge is 0.377 e. The number of fused-ring (bicyclic) bond motifs is 3. The second-order valence-corrected chi connectivity index (χ2v) is 7.27. The van der Waals surface area contributed by atoms with Crippen LogP contribution in [0.5, 0.6) is 0 Å². The predicted octanol–water partition coefficient (Wildman–Crippen LogP) is 5.06. The summed E-state index contributed by atoms with van der Waals surface area (Å²) in [5.41, 5.74) is 3.00. The summed E-state index contributed by atoms with van der Waals surface area (Å²) in [5.74, 6) is 0.360. The maximum atomic E-state index is 11.2. The summed E-state index contributed by atoms with van der Waals surface area (Å²) >= 11 is 3.46. The van der Waals surface area contributed by atoms with Crippen LogP contribution in [0.25, 0.3) is 0 Å². The first-order valence-electron chi connectivity index (χ1n) is 7.99. The molecule has 2 aromatic carbocycles. The Hall–Kier alpha value is -2.65. The summed E-state index contributed by atoms with van der Waals surface area (Å²) in [7, 11) is 0. The zero-order chi connectivity index (χ0) is 17.6. The Balaban J connectivity index is 1.85. The number of hydrogen-bond acceptors (Lipinski definition) is 4. The molecule has 2 aliphatic rings. The van der Waals surface area contributed by atoms with Gasteiger partial charge < -0.3 is 5.32 Å². The first-order valence-corrected chi connectivity index (χ1v) is 8.79. The third-order valence-corrected chi connectivity index (χ3v) is 5.54. The molecule has 0 bridgehead atoms. The Morgan fingerprint density at radius 1 is 1.28 bits per heavy atom. The monoisotopic (exact) mass is 395 g/mol. The van der Waals surface area contributed by atoms with Crippen molar-refractivity contribution in [2.24, 2.45) is 5.92 Å². The molecular weight excluding hydrogens is 382 g/mol. The number of nitrogens with zero attached hydrogens (tertiary/aromatic N) is 2. The van der Waals surface area contributed by atoms with Crippen LogP contribution in [0, 0.1) is 27.4 Å². The molecule has 5 nitrogen and oxygen atoms in total. The number of benzene rings is 2. The number of nitro groups is 1. The fourth-order valence-corrected chi connectivity index (χ4v) is 4.14. The van der Waals surface area contributed by atoms with Gasteiger partial charge in [0.15, 0.2) is 0 Å². The summed E-state index contributed by atoms with van der Waals surface area (Å²) < 4.78 is 1.02. The molecule has 0 unspecified atom stereocenters. The van der Waals surface area contributed by atoms with E-state index in [0.29, 0.717) is 11.3 Å². The highest BCUT2D eigenvalue weighted by Crippen LogP contribution is 2.51. The first-order chi connectivity index (χ1) is 12.1. The molecule has 0 saturated carbocycles. The van der Waals surface area contributed by atoms with Gasteiger partial charge in [-0.05, 0) is 35.6 Å². The molecular formula is C19H14BrN3O2. The Labute approximate surface area is 153 Å². The topological polar surface area (TPSA) is 79.0 Å². The van der Waals surface area contributed by atoms with Gasteiger partial charge in [0.05, 0.1) is 22.2 Å². The van der Waals surface area contributed by atoms with Crippen molar-refractivity contribution >= 4 is 27.3 Å². The number of anilines is 1. The van der Waals surface area contributed by atoms with E-state index >= 15 is 0 Å². The lowest BCUT2D eigenvalue weighted by atomic mass is 9.76. The van der Waals surface area contributed by atoms with Crippen LogP contribution < -0.4 is 5.32 Å². The highest BCUT2D eigenvalue weighted by Gasteiger charge is 2.39.